The Morgan fingerprint density at radius 2 is 2.13 bits per heavy atom. The number of nitrogen functional groups attached to an aromatic ring is 1. The molecule has 0 amide bonds. The first-order chi connectivity index (χ1) is 10.9. The van der Waals surface area contributed by atoms with Gasteiger partial charge in [-0.3, -0.25) is 4.31 Å². The van der Waals surface area contributed by atoms with Crippen molar-refractivity contribution in [1.82, 2.24) is 4.98 Å². The minimum absolute atomic E-state index is 0.164. The third-order valence-corrected chi connectivity index (χ3v) is 6.34. The van der Waals surface area contributed by atoms with E-state index in [1.165, 1.54) is 4.31 Å². The number of anilines is 2. The van der Waals surface area contributed by atoms with Gasteiger partial charge in [0.1, 0.15) is 5.82 Å². The van der Waals surface area contributed by atoms with Crippen molar-refractivity contribution in [3.05, 3.63) is 40.5 Å². The number of hydrogen-bond acceptors (Lipinski definition) is 4. The summed E-state index contributed by atoms with van der Waals surface area (Å²) in [5.41, 5.74) is 9.44. The first kappa shape index (κ1) is 16.3. The van der Waals surface area contributed by atoms with Gasteiger partial charge in [-0.1, -0.05) is 19.1 Å². The molecule has 2 heterocycles. The number of hydrogen-bond donors (Lipinski definition) is 1. The van der Waals surface area contributed by atoms with Gasteiger partial charge in [0, 0.05) is 22.8 Å². The van der Waals surface area contributed by atoms with Gasteiger partial charge in [-0.25, -0.2) is 13.4 Å². The van der Waals surface area contributed by atoms with E-state index in [4.69, 9.17) is 5.73 Å². The van der Waals surface area contributed by atoms with Gasteiger partial charge in [0.25, 0.3) is 0 Å². The number of nitrogens with zero attached hydrogens (tertiary/aromatic N) is 2. The normalized spacial score (nSPS) is 14.1. The number of sulfonamides is 1. The van der Waals surface area contributed by atoms with Gasteiger partial charge in [-0.05, 0) is 52.0 Å². The van der Waals surface area contributed by atoms with Crippen LogP contribution in [0.5, 0.6) is 0 Å². The average molecular weight is 396 g/mol. The quantitative estimate of drug-likeness (QED) is 0.861. The highest BCUT2D eigenvalue weighted by molar-refractivity contribution is 9.10. The highest BCUT2D eigenvalue weighted by atomic mass is 79.9. The Morgan fingerprint density at radius 3 is 2.87 bits per heavy atom. The zero-order chi connectivity index (χ0) is 16.6. The molecule has 0 fully saturated rings. The molecule has 0 saturated heterocycles. The maximum absolute atomic E-state index is 12.4. The number of aromatic nitrogens is 1. The predicted octanol–water partition coefficient (Wildman–Crippen LogP) is 3.20. The Bertz CT molecular complexity index is 852. The van der Waals surface area contributed by atoms with Gasteiger partial charge in [0.15, 0.2) is 0 Å². The smallest absolute Gasteiger partial charge is 0.235 e. The van der Waals surface area contributed by atoms with E-state index in [0.717, 1.165) is 33.3 Å². The Kier molecular flexibility index (Phi) is 4.33. The Balaban J connectivity index is 2.07. The van der Waals surface area contributed by atoms with Gasteiger partial charge >= 0.3 is 0 Å². The molecule has 122 valence electrons. The Labute approximate surface area is 144 Å². The molecule has 0 bridgehead atoms. The number of nitrogens with two attached hydrogens (primary N) is 1. The van der Waals surface area contributed by atoms with Crippen LogP contribution >= 0.6 is 15.9 Å². The monoisotopic (exact) mass is 395 g/mol. The molecule has 2 aromatic rings. The van der Waals surface area contributed by atoms with Crippen LogP contribution in [-0.2, 0) is 16.4 Å². The first-order valence-corrected chi connectivity index (χ1v) is 9.87. The van der Waals surface area contributed by atoms with Crippen LogP contribution in [0.25, 0.3) is 11.1 Å². The van der Waals surface area contributed by atoms with Crippen LogP contribution in [0.3, 0.4) is 0 Å². The van der Waals surface area contributed by atoms with Crippen molar-refractivity contribution in [1.29, 1.82) is 0 Å². The molecular weight excluding hydrogens is 378 g/mol. The SMILES string of the molecule is CCCS(=O)(=O)N1CCc2ccc(-c3cc(Br)cnc3N)cc21. The second kappa shape index (κ2) is 6.13. The maximum atomic E-state index is 12.4. The first-order valence-electron chi connectivity index (χ1n) is 7.47. The van der Waals surface area contributed by atoms with E-state index in [9.17, 15) is 8.42 Å². The van der Waals surface area contributed by atoms with E-state index >= 15 is 0 Å². The summed E-state index contributed by atoms with van der Waals surface area (Å²) in [6.07, 6.45) is 2.99. The lowest BCUT2D eigenvalue weighted by Crippen LogP contribution is -2.31. The Morgan fingerprint density at radius 1 is 1.35 bits per heavy atom. The van der Waals surface area contributed by atoms with E-state index in [-0.39, 0.29) is 5.75 Å². The molecule has 2 N–H and O–H groups in total. The molecular formula is C16H18BrN3O2S. The topological polar surface area (TPSA) is 76.3 Å². The number of fused-ring (bicyclic) bond motifs is 1. The molecule has 1 aromatic carbocycles. The van der Waals surface area contributed by atoms with Crippen LogP contribution in [0.4, 0.5) is 11.5 Å². The fraction of sp³-hybridized carbons (Fsp3) is 0.312. The van der Waals surface area contributed by atoms with Gasteiger partial charge < -0.3 is 5.73 Å². The molecule has 1 aromatic heterocycles. The number of rotatable bonds is 4. The molecule has 0 unspecified atom stereocenters. The fourth-order valence-corrected chi connectivity index (χ4v) is 4.76. The molecule has 1 aliphatic rings. The summed E-state index contributed by atoms with van der Waals surface area (Å²) in [5.74, 6) is 0.589. The van der Waals surface area contributed by atoms with Gasteiger partial charge in [-0.15, -0.1) is 0 Å². The summed E-state index contributed by atoms with van der Waals surface area (Å²) in [4.78, 5) is 4.14. The minimum atomic E-state index is -3.26. The lowest BCUT2D eigenvalue weighted by molar-refractivity contribution is 0.591. The van der Waals surface area contributed by atoms with Crippen molar-refractivity contribution in [3.8, 4) is 11.1 Å². The van der Waals surface area contributed by atoms with Crippen molar-refractivity contribution in [2.45, 2.75) is 19.8 Å². The van der Waals surface area contributed by atoms with Crippen LogP contribution in [0.15, 0.2) is 34.9 Å². The van der Waals surface area contributed by atoms with Gasteiger partial charge in [0.2, 0.25) is 10.0 Å². The lowest BCUT2D eigenvalue weighted by Gasteiger charge is -2.20. The molecule has 3 rings (SSSR count). The van der Waals surface area contributed by atoms with Crippen molar-refractivity contribution in [2.24, 2.45) is 0 Å². The standard InChI is InChI=1S/C16H18BrN3O2S/c1-2-7-23(21,22)20-6-5-11-3-4-12(8-15(11)20)14-9-13(17)10-19-16(14)18/h3-4,8-10H,2,5-7H2,1H3,(H2,18,19). The van der Waals surface area contributed by atoms with Crippen molar-refractivity contribution < 1.29 is 8.42 Å². The van der Waals surface area contributed by atoms with E-state index < -0.39 is 10.0 Å². The zero-order valence-electron chi connectivity index (χ0n) is 12.8. The van der Waals surface area contributed by atoms with Crippen molar-refractivity contribution in [3.63, 3.8) is 0 Å². The third kappa shape index (κ3) is 3.07. The van der Waals surface area contributed by atoms with Crippen LogP contribution < -0.4 is 10.0 Å². The molecule has 0 saturated carbocycles. The molecule has 23 heavy (non-hydrogen) atoms. The van der Waals surface area contributed by atoms with Gasteiger partial charge in [-0.2, -0.15) is 0 Å². The van der Waals surface area contributed by atoms with Crippen molar-refractivity contribution in [2.75, 3.05) is 22.3 Å². The van der Waals surface area contributed by atoms with Crippen LogP contribution in [0.2, 0.25) is 0 Å². The van der Waals surface area contributed by atoms with Crippen LogP contribution in [0.1, 0.15) is 18.9 Å². The number of benzene rings is 1. The summed E-state index contributed by atoms with van der Waals surface area (Å²) in [7, 11) is -3.26. The lowest BCUT2D eigenvalue weighted by atomic mass is 10.0. The Hall–Kier alpha value is -1.60. The van der Waals surface area contributed by atoms with E-state index in [1.807, 2.05) is 31.2 Å². The molecule has 5 nitrogen and oxygen atoms in total. The maximum Gasteiger partial charge on any atom is 0.235 e. The summed E-state index contributed by atoms with van der Waals surface area (Å²) in [6.45, 7) is 2.38. The zero-order valence-corrected chi connectivity index (χ0v) is 15.2. The molecule has 0 atom stereocenters. The van der Waals surface area contributed by atoms with Crippen molar-refractivity contribution >= 4 is 37.5 Å². The summed E-state index contributed by atoms with van der Waals surface area (Å²) >= 11 is 3.40. The largest absolute Gasteiger partial charge is 0.383 e. The predicted molar refractivity (Wildman–Crippen MR) is 96.9 cm³/mol. The van der Waals surface area contributed by atoms with Gasteiger partial charge in [0.05, 0.1) is 11.4 Å². The third-order valence-electron chi connectivity index (χ3n) is 3.93. The minimum Gasteiger partial charge on any atom is -0.383 e. The van der Waals surface area contributed by atoms with Crippen LogP contribution in [0, 0.1) is 0 Å². The molecule has 0 aliphatic carbocycles. The van der Waals surface area contributed by atoms with E-state index in [2.05, 4.69) is 20.9 Å². The van der Waals surface area contributed by atoms with Crippen LogP contribution in [-0.4, -0.2) is 25.7 Å². The number of pyridine rings is 1. The molecule has 0 radical (unpaired) electrons. The summed E-state index contributed by atoms with van der Waals surface area (Å²) in [6, 6.07) is 7.74. The van der Waals surface area contributed by atoms with E-state index in [1.54, 1.807) is 6.20 Å². The van der Waals surface area contributed by atoms with E-state index in [0.29, 0.717) is 18.8 Å². The summed E-state index contributed by atoms with van der Waals surface area (Å²) < 4.78 is 27.2. The second-order valence-corrected chi connectivity index (χ2v) is 8.50. The second-order valence-electron chi connectivity index (χ2n) is 5.57. The number of halogens is 1. The fourth-order valence-electron chi connectivity index (χ4n) is 2.86. The highest BCUT2D eigenvalue weighted by Gasteiger charge is 2.29. The molecule has 0 spiro atoms. The molecule has 7 heteroatoms. The summed E-state index contributed by atoms with van der Waals surface area (Å²) in [5, 5.41) is 0. The average Bonchev–Trinajstić information content (AvgIpc) is 2.93. The highest BCUT2D eigenvalue weighted by Crippen LogP contribution is 2.36. The molecule has 1 aliphatic heterocycles.